The van der Waals surface area contributed by atoms with Crippen LogP contribution >= 0.6 is 11.6 Å². The van der Waals surface area contributed by atoms with Gasteiger partial charge in [0.2, 0.25) is 5.96 Å². The minimum atomic E-state index is -0.138. The van der Waals surface area contributed by atoms with Crippen molar-refractivity contribution in [3.8, 4) is 0 Å². The molecule has 1 aromatic rings. The van der Waals surface area contributed by atoms with Gasteiger partial charge in [-0.25, -0.2) is 4.99 Å². The quantitative estimate of drug-likeness (QED) is 0.506. The zero-order valence-electron chi connectivity index (χ0n) is 9.16. The number of nitrogens with zero attached hydrogens (tertiary/aromatic N) is 2. The Balaban J connectivity index is 3.17. The summed E-state index contributed by atoms with van der Waals surface area (Å²) in [4.78, 5) is 7.62. The molecule has 0 aliphatic carbocycles. The Kier molecular flexibility index (Phi) is 3.73. The number of rotatable bonds is 1. The molecule has 0 heterocycles. The number of aryl methyl sites for hydroxylation is 1. The van der Waals surface area contributed by atoms with Crippen molar-refractivity contribution in [2.75, 3.05) is 0 Å². The summed E-state index contributed by atoms with van der Waals surface area (Å²) >= 11 is 6.11. The average molecular weight is 240 g/mol. The zero-order chi connectivity index (χ0) is 12.3. The average Bonchev–Trinajstić information content (AvgIpc) is 2.18. The Hall–Kier alpha value is -1.75. The van der Waals surface area contributed by atoms with E-state index in [4.69, 9.17) is 28.8 Å². The van der Waals surface area contributed by atoms with Gasteiger partial charge in [-0.1, -0.05) is 17.7 Å². The standard InChI is InChI=1S/C10H14ClN5/c1-5-3-4-7(8(11)6(5)2)15-10(14)16-9(12)13/h3-4H,1-2H3,(H6,12,13,14,15,16). The topological polar surface area (TPSA) is 103 Å². The molecule has 0 spiro atoms. The second kappa shape index (κ2) is 4.85. The Morgan fingerprint density at radius 2 is 1.81 bits per heavy atom. The number of nitrogens with two attached hydrogens (primary N) is 3. The molecule has 6 heteroatoms. The predicted octanol–water partition coefficient (Wildman–Crippen LogP) is 1.18. The summed E-state index contributed by atoms with van der Waals surface area (Å²) in [6.07, 6.45) is 0. The molecule has 0 aliphatic heterocycles. The van der Waals surface area contributed by atoms with Gasteiger partial charge in [-0.3, -0.25) is 0 Å². The molecule has 5 nitrogen and oxygen atoms in total. The third-order valence-electron chi connectivity index (χ3n) is 2.12. The van der Waals surface area contributed by atoms with Gasteiger partial charge < -0.3 is 17.2 Å². The maximum atomic E-state index is 6.11. The van der Waals surface area contributed by atoms with E-state index in [9.17, 15) is 0 Å². The first-order chi connectivity index (χ1) is 7.41. The largest absolute Gasteiger partial charge is 0.370 e. The molecule has 1 rings (SSSR count). The van der Waals surface area contributed by atoms with Gasteiger partial charge in [-0.15, -0.1) is 0 Å². The van der Waals surface area contributed by atoms with Crippen molar-refractivity contribution in [2.45, 2.75) is 13.8 Å². The molecule has 0 radical (unpaired) electrons. The maximum Gasteiger partial charge on any atom is 0.223 e. The normalized spacial score (nSPS) is 11.3. The van der Waals surface area contributed by atoms with Crippen LogP contribution in [-0.4, -0.2) is 11.9 Å². The number of halogens is 1. The first-order valence-corrected chi connectivity index (χ1v) is 4.99. The highest BCUT2D eigenvalue weighted by molar-refractivity contribution is 6.34. The van der Waals surface area contributed by atoms with Gasteiger partial charge in [0.15, 0.2) is 5.96 Å². The highest BCUT2D eigenvalue weighted by Gasteiger charge is 2.05. The van der Waals surface area contributed by atoms with Crippen molar-refractivity contribution in [3.05, 3.63) is 28.3 Å². The van der Waals surface area contributed by atoms with Crippen LogP contribution in [0.3, 0.4) is 0 Å². The molecule has 0 aliphatic rings. The van der Waals surface area contributed by atoms with Crippen LogP contribution in [-0.2, 0) is 0 Å². The van der Waals surface area contributed by atoms with Crippen LogP contribution in [0.1, 0.15) is 11.1 Å². The maximum absolute atomic E-state index is 6.11. The second-order valence-corrected chi connectivity index (χ2v) is 3.73. The fourth-order valence-corrected chi connectivity index (χ4v) is 1.39. The van der Waals surface area contributed by atoms with Gasteiger partial charge in [-0.2, -0.15) is 4.99 Å². The summed E-state index contributed by atoms with van der Waals surface area (Å²) in [6.45, 7) is 3.88. The van der Waals surface area contributed by atoms with Crippen LogP contribution in [0, 0.1) is 13.8 Å². The molecule has 16 heavy (non-hydrogen) atoms. The zero-order valence-corrected chi connectivity index (χ0v) is 9.92. The number of aliphatic imine (C=N–C) groups is 2. The number of hydrogen-bond donors (Lipinski definition) is 3. The van der Waals surface area contributed by atoms with Crippen molar-refractivity contribution in [2.24, 2.45) is 27.2 Å². The molecule has 0 aromatic heterocycles. The van der Waals surface area contributed by atoms with Crippen LogP contribution < -0.4 is 17.2 Å². The Morgan fingerprint density at radius 3 is 2.38 bits per heavy atom. The predicted molar refractivity (Wildman–Crippen MR) is 68.0 cm³/mol. The van der Waals surface area contributed by atoms with E-state index >= 15 is 0 Å². The molecule has 86 valence electrons. The first kappa shape index (κ1) is 12.3. The summed E-state index contributed by atoms with van der Waals surface area (Å²) in [7, 11) is 0. The molecule has 1 aromatic carbocycles. The minimum absolute atomic E-state index is 0.0230. The van der Waals surface area contributed by atoms with Crippen LogP contribution in [0.15, 0.2) is 22.1 Å². The molecule has 0 fully saturated rings. The van der Waals surface area contributed by atoms with Crippen LogP contribution in [0.25, 0.3) is 0 Å². The molecule has 0 bridgehead atoms. The lowest BCUT2D eigenvalue weighted by Gasteiger charge is -2.05. The van der Waals surface area contributed by atoms with E-state index in [-0.39, 0.29) is 11.9 Å². The van der Waals surface area contributed by atoms with Crippen LogP contribution in [0.5, 0.6) is 0 Å². The van der Waals surface area contributed by atoms with E-state index in [0.717, 1.165) is 11.1 Å². The van der Waals surface area contributed by atoms with E-state index < -0.39 is 0 Å². The van der Waals surface area contributed by atoms with Gasteiger partial charge in [0.25, 0.3) is 0 Å². The number of hydrogen-bond acceptors (Lipinski definition) is 1. The smallest absolute Gasteiger partial charge is 0.223 e. The first-order valence-electron chi connectivity index (χ1n) is 4.61. The fourth-order valence-electron chi connectivity index (χ4n) is 1.13. The van der Waals surface area contributed by atoms with E-state index in [2.05, 4.69) is 9.98 Å². The molecule has 0 saturated heterocycles. The van der Waals surface area contributed by atoms with Crippen molar-refractivity contribution in [1.29, 1.82) is 0 Å². The van der Waals surface area contributed by atoms with E-state index in [0.29, 0.717) is 10.7 Å². The lowest BCUT2D eigenvalue weighted by Crippen LogP contribution is -2.26. The Bertz CT molecular complexity index is 461. The Morgan fingerprint density at radius 1 is 1.19 bits per heavy atom. The Labute approximate surface area is 99.0 Å². The number of guanidine groups is 2. The van der Waals surface area contributed by atoms with Gasteiger partial charge in [0.05, 0.1) is 10.7 Å². The van der Waals surface area contributed by atoms with E-state index in [1.54, 1.807) is 6.07 Å². The summed E-state index contributed by atoms with van der Waals surface area (Å²) < 4.78 is 0. The van der Waals surface area contributed by atoms with Crippen molar-refractivity contribution in [3.63, 3.8) is 0 Å². The van der Waals surface area contributed by atoms with Crippen molar-refractivity contribution >= 4 is 29.2 Å². The summed E-state index contributed by atoms with van der Waals surface area (Å²) in [5.74, 6) is -0.161. The van der Waals surface area contributed by atoms with Crippen molar-refractivity contribution in [1.82, 2.24) is 0 Å². The third-order valence-corrected chi connectivity index (χ3v) is 2.59. The number of benzene rings is 1. The van der Waals surface area contributed by atoms with Gasteiger partial charge in [0, 0.05) is 0 Å². The second-order valence-electron chi connectivity index (χ2n) is 3.35. The monoisotopic (exact) mass is 239 g/mol. The minimum Gasteiger partial charge on any atom is -0.370 e. The molecule has 0 atom stereocenters. The molecule has 0 amide bonds. The summed E-state index contributed by atoms with van der Waals surface area (Å²) in [5.41, 5.74) is 18.4. The molecule has 6 N–H and O–H groups in total. The summed E-state index contributed by atoms with van der Waals surface area (Å²) in [5, 5.41) is 0.550. The van der Waals surface area contributed by atoms with Gasteiger partial charge in [-0.05, 0) is 31.0 Å². The summed E-state index contributed by atoms with van der Waals surface area (Å²) in [6, 6.07) is 3.67. The van der Waals surface area contributed by atoms with Gasteiger partial charge in [0.1, 0.15) is 0 Å². The van der Waals surface area contributed by atoms with Crippen molar-refractivity contribution < 1.29 is 0 Å². The van der Waals surface area contributed by atoms with E-state index in [1.807, 2.05) is 19.9 Å². The lowest BCUT2D eigenvalue weighted by molar-refractivity contribution is 1.31. The van der Waals surface area contributed by atoms with Gasteiger partial charge >= 0.3 is 0 Å². The van der Waals surface area contributed by atoms with E-state index in [1.165, 1.54) is 0 Å². The van der Waals surface area contributed by atoms with Crippen LogP contribution in [0.4, 0.5) is 5.69 Å². The molecular formula is C10H14ClN5. The highest BCUT2D eigenvalue weighted by Crippen LogP contribution is 2.30. The molecular weight excluding hydrogens is 226 g/mol. The SMILES string of the molecule is Cc1ccc(N=C(N)N=C(N)N)c(Cl)c1C. The fraction of sp³-hybridized carbons (Fsp3) is 0.200. The molecule has 0 unspecified atom stereocenters. The third kappa shape index (κ3) is 2.87. The highest BCUT2D eigenvalue weighted by atomic mass is 35.5. The van der Waals surface area contributed by atoms with Crippen LogP contribution in [0.2, 0.25) is 5.02 Å². The lowest BCUT2D eigenvalue weighted by atomic mass is 10.1. The molecule has 0 saturated carbocycles.